The van der Waals surface area contributed by atoms with Crippen LogP contribution in [-0.4, -0.2) is 32.5 Å². The Morgan fingerprint density at radius 1 is 1.39 bits per heavy atom. The molecule has 0 fully saturated rings. The molecule has 0 aliphatic carbocycles. The van der Waals surface area contributed by atoms with Gasteiger partial charge in [-0.25, -0.2) is 4.39 Å². The van der Waals surface area contributed by atoms with Crippen molar-refractivity contribution in [1.82, 2.24) is 5.32 Å². The third-order valence-electron chi connectivity index (χ3n) is 2.41. The first-order valence-corrected chi connectivity index (χ1v) is 6.10. The average Bonchev–Trinajstić information content (AvgIpc) is 2.34. The third kappa shape index (κ3) is 3.76. The predicted octanol–water partition coefficient (Wildman–Crippen LogP) is 2.33. The molecule has 0 aliphatic heterocycles. The first-order valence-electron chi connectivity index (χ1n) is 5.31. The summed E-state index contributed by atoms with van der Waals surface area (Å²) in [5.74, 6) is -0.728. The zero-order valence-electron chi connectivity index (χ0n) is 10.4. The van der Waals surface area contributed by atoms with Crippen LogP contribution in [0.2, 0.25) is 0 Å². The molecule has 6 heteroatoms. The summed E-state index contributed by atoms with van der Waals surface area (Å²) in [7, 11) is 2.98. The van der Waals surface area contributed by atoms with Gasteiger partial charge in [-0.05, 0) is 41.1 Å². The number of carbonyl (C=O) groups excluding carboxylic acids is 1. The van der Waals surface area contributed by atoms with Crippen LogP contribution in [0.1, 0.15) is 17.3 Å². The number of nitrogens with one attached hydrogen (secondary N) is 1. The van der Waals surface area contributed by atoms with Gasteiger partial charge in [0.15, 0.2) is 6.29 Å². The van der Waals surface area contributed by atoms with Crippen LogP contribution in [0.15, 0.2) is 22.7 Å². The van der Waals surface area contributed by atoms with E-state index >= 15 is 0 Å². The minimum atomic E-state index is -0.530. The van der Waals surface area contributed by atoms with E-state index in [0.717, 1.165) is 0 Å². The fourth-order valence-corrected chi connectivity index (χ4v) is 1.88. The van der Waals surface area contributed by atoms with Gasteiger partial charge < -0.3 is 14.8 Å². The molecule has 4 nitrogen and oxygen atoms in total. The average molecular weight is 320 g/mol. The number of methoxy groups -OCH3 is 2. The predicted molar refractivity (Wildman–Crippen MR) is 68.8 cm³/mol. The van der Waals surface area contributed by atoms with Crippen molar-refractivity contribution in [2.75, 3.05) is 14.2 Å². The number of amides is 1. The van der Waals surface area contributed by atoms with E-state index in [1.54, 1.807) is 6.92 Å². The zero-order valence-corrected chi connectivity index (χ0v) is 12.0. The molecule has 0 radical (unpaired) electrons. The molecule has 0 saturated heterocycles. The van der Waals surface area contributed by atoms with Crippen molar-refractivity contribution in [3.8, 4) is 0 Å². The smallest absolute Gasteiger partial charge is 0.251 e. The number of carbonyl (C=O) groups is 1. The Morgan fingerprint density at radius 2 is 2.00 bits per heavy atom. The molecular weight excluding hydrogens is 305 g/mol. The van der Waals surface area contributed by atoms with Gasteiger partial charge >= 0.3 is 0 Å². The molecule has 1 atom stereocenters. The Hall–Kier alpha value is -0.980. The summed E-state index contributed by atoms with van der Waals surface area (Å²) in [6.07, 6.45) is -0.530. The van der Waals surface area contributed by atoms with Crippen LogP contribution in [0, 0.1) is 5.82 Å². The lowest BCUT2D eigenvalue weighted by Crippen LogP contribution is -2.42. The zero-order chi connectivity index (χ0) is 13.7. The molecule has 0 saturated carbocycles. The molecule has 0 spiro atoms. The van der Waals surface area contributed by atoms with E-state index in [2.05, 4.69) is 21.2 Å². The Kier molecular flexibility index (Phi) is 5.71. The van der Waals surface area contributed by atoms with Gasteiger partial charge in [0, 0.05) is 19.8 Å². The van der Waals surface area contributed by atoms with E-state index in [9.17, 15) is 9.18 Å². The lowest BCUT2D eigenvalue weighted by atomic mass is 10.2. The van der Waals surface area contributed by atoms with Gasteiger partial charge in [0.05, 0.1) is 10.5 Å². The van der Waals surface area contributed by atoms with Crippen LogP contribution >= 0.6 is 15.9 Å². The molecule has 0 aromatic heterocycles. The Balaban J connectivity index is 2.73. The lowest BCUT2D eigenvalue weighted by molar-refractivity contribution is -0.117. The fourth-order valence-electron chi connectivity index (χ4n) is 1.50. The second kappa shape index (κ2) is 6.82. The summed E-state index contributed by atoms with van der Waals surface area (Å²) in [6.45, 7) is 1.76. The number of hydrogen-bond acceptors (Lipinski definition) is 3. The maximum Gasteiger partial charge on any atom is 0.251 e. The van der Waals surface area contributed by atoms with Gasteiger partial charge in [0.1, 0.15) is 5.82 Å². The van der Waals surface area contributed by atoms with Crippen molar-refractivity contribution in [2.45, 2.75) is 19.3 Å². The van der Waals surface area contributed by atoms with E-state index in [-0.39, 0.29) is 16.4 Å². The summed E-state index contributed by atoms with van der Waals surface area (Å²) in [5.41, 5.74) is 0.362. The van der Waals surface area contributed by atoms with Crippen LogP contribution in [0.25, 0.3) is 0 Å². The topological polar surface area (TPSA) is 47.6 Å². The fraction of sp³-hybridized carbons (Fsp3) is 0.417. The quantitative estimate of drug-likeness (QED) is 0.847. The minimum absolute atomic E-state index is 0.248. The number of hydrogen-bond donors (Lipinski definition) is 1. The van der Waals surface area contributed by atoms with Crippen LogP contribution < -0.4 is 5.32 Å². The first kappa shape index (κ1) is 15.1. The molecule has 1 unspecified atom stereocenters. The minimum Gasteiger partial charge on any atom is -0.354 e. The second-order valence-electron chi connectivity index (χ2n) is 3.73. The SMILES string of the molecule is COC(OC)C(C)NC(=O)c1ccc(F)c(Br)c1. The first-order chi connectivity index (χ1) is 8.49. The van der Waals surface area contributed by atoms with Crippen molar-refractivity contribution < 1.29 is 18.7 Å². The number of ether oxygens (including phenoxy) is 2. The van der Waals surface area contributed by atoms with Crippen molar-refractivity contribution in [3.63, 3.8) is 0 Å². The molecule has 1 amide bonds. The van der Waals surface area contributed by atoms with Crippen LogP contribution in [0.5, 0.6) is 0 Å². The third-order valence-corrected chi connectivity index (χ3v) is 3.02. The Bertz CT molecular complexity index is 424. The molecule has 0 heterocycles. The largest absolute Gasteiger partial charge is 0.354 e. The Labute approximate surface area is 114 Å². The summed E-state index contributed by atoms with van der Waals surface area (Å²) >= 11 is 3.03. The maximum absolute atomic E-state index is 13.0. The highest BCUT2D eigenvalue weighted by atomic mass is 79.9. The molecule has 100 valence electrons. The number of benzene rings is 1. The van der Waals surface area contributed by atoms with Crippen molar-refractivity contribution in [2.24, 2.45) is 0 Å². The summed E-state index contributed by atoms with van der Waals surface area (Å²) < 4.78 is 23.4. The molecule has 0 bridgehead atoms. The highest BCUT2D eigenvalue weighted by Crippen LogP contribution is 2.17. The highest BCUT2D eigenvalue weighted by Gasteiger charge is 2.19. The van der Waals surface area contributed by atoms with E-state index in [4.69, 9.17) is 9.47 Å². The van der Waals surface area contributed by atoms with E-state index in [1.165, 1.54) is 32.4 Å². The van der Waals surface area contributed by atoms with E-state index < -0.39 is 12.1 Å². The van der Waals surface area contributed by atoms with Crippen LogP contribution in [-0.2, 0) is 9.47 Å². The second-order valence-corrected chi connectivity index (χ2v) is 4.59. The van der Waals surface area contributed by atoms with Gasteiger partial charge in [0.2, 0.25) is 0 Å². The molecule has 0 aliphatic rings. The molecule has 18 heavy (non-hydrogen) atoms. The van der Waals surface area contributed by atoms with Gasteiger partial charge in [0.25, 0.3) is 5.91 Å². The summed E-state index contributed by atoms with van der Waals surface area (Å²) in [6, 6.07) is 3.74. The number of rotatable bonds is 5. The Morgan fingerprint density at radius 3 is 2.50 bits per heavy atom. The van der Waals surface area contributed by atoms with Gasteiger partial charge in [-0.2, -0.15) is 0 Å². The molecule has 1 aromatic carbocycles. The normalized spacial score (nSPS) is 12.6. The monoisotopic (exact) mass is 319 g/mol. The standard InChI is InChI=1S/C12H15BrFNO3/c1-7(12(17-2)18-3)15-11(16)8-4-5-10(14)9(13)6-8/h4-7,12H,1-3H3,(H,15,16). The number of halogens is 2. The van der Waals surface area contributed by atoms with Gasteiger partial charge in [-0.3, -0.25) is 4.79 Å². The molecule has 1 rings (SSSR count). The maximum atomic E-state index is 13.0. The highest BCUT2D eigenvalue weighted by molar-refractivity contribution is 9.10. The molecule has 1 aromatic rings. The van der Waals surface area contributed by atoms with E-state index in [0.29, 0.717) is 5.56 Å². The lowest BCUT2D eigenvalue weighted by Gasteiger charge is -2.22. The molecule has 1 N–H and O–H groups in total. The van der Waals surface area contributed by atoms with Crippen molar-refractivity contribution in [3.05, 3.63) is 34.1 Å². The van der Waals surface area contributed by atoms with Crippen LogP contribution in [0.3, 0.4) is 0 Å². The van der Waals surface area contributed by atoms with E-state index in [1.807, 2.05) is 0 Å². The molecular formula is C12H15BrFNO3. The van der Waals surface area contributed by atoms with Gasteiger partial charge in [-0.1, -0.05) is 0 Å². The van der Waals surface area contributed by atoms with Crippen molar-refractivity contribution in [1.29, 1.82) is 0 Å². The van der Waals surface area contributed by atoms with Crippen LogP contribution in [0.4, 0.5) is 4.39 Å². The van der Waals surface area contributed by atoms with Gasteiger partial charge in [-0.15, -0.1) is 0 Å². The summed E-state index contributed by atoms with van der Waals surface area (Å²) in [4.78, 5) is 11.9. The summed E-state index contributed by atoms with van der Waals surface area (Å²) in [5, 5.41) is 2.71. The van der Waals surface area contributed by atoms with Crippen molar-refractivity contribution >= 4 is 21.8 Å².